The van der Waals surface area contributed by atoms with Gasteiger partial charge in [-0.15, -0.1) is 5.10 Å². The van der Waals surface area contributed by atoms with E-state index in [1.54, 1.807) is 23.1 Å². The molecule has 2 heterocycles. The topological polar surface area (TPSA) is 56.7 Å². The second-order valence-electron chi connectivity index (χ2n) is 2.77. The molecule has 0 spiro atoms. The Labute approximate surface area is 108 Å². The summed E-state index contributed by atoms with van der Waals surface area (Å²) in [6.45, 7) is 0. The Kier molecular flexibility index (Phi) is 2.99. The van der Waals surface area contributed by atoms with Gasteiger partial charge in [-0.2, -0.15) is 0 Å². The van der Waals surface area contributed by atoms with Gasteiger partial charge in [0.15, 0.2) is 11.6 Å². The van der Waals surface area contributed by atoms with Crippen molar-refractivity contribution in [2.75, 3.05) is 5.73 Å². The van der Waals surface area contributed by atoms with Crippen molar-refractivity contribution in [1.82, 2.24) is 14.8 Å². The van der Waals surface area contributed by atoms with Gasteiger partial charge in [0.2, 0.25) is 0 Å². The van der Waals surface area contributed by atoms with E-state index >= 15 is 0 Å². The van der Waals surface area contributed by atoms with E-state index in [2.05, 4.69) is 41.9 Å². The van der Waals surface area contributed by atoms with Crippen LogP contribution >= 0.6 is 43.5 Å². The highest BCUT2D eigenvalue weighted by Gasteiger charge is 2.08. The summed E-state index contributed by atoms with van der Waals surface area (Å²) < 4.78 is 3.05. The molecule has 0 amide bonds. The van der Waals surface area contributed by atoms with E-state index in [0.717, 1.165) is 8.95 Å². The average Bonchev–Trinajstić information content (AvgIpc) is 2.46. The Morgan fingerprint density at radius 3 is 2.60 bits per heavy atom. The Morgan fingerprint density at radius 2 is 2.07 bits per heavy atom. The maximum atomic E-state index is 5.78. The number of hydrogen-bond donors (Lipinski definition) is 1. The molecule has 0 aliphatic carbocycles. The first-order valence-corrected chi connectivity index (χ1v) is 5.86. The molecule has 0 atom stereocenters. The highest BCUT2D eigenvalue weighted by atomic mass is 79.9. The molecule has 0 aliphatic rings. The second kappa shape index (κ2) is 4.11. The molecule has 0 bridgehead atoms. The molecule has 0 saturated heterocycles. The molecule has 15 heavy (non-hydrogen) atoms. The zero-order valence-corrected chi connectivity index (χ0v) is 11.2. The van der Waals surface area contributed by atoms with Crippen LogP contribution < -0.4 is 5.73 Å². The molecule has 0 radical (unpaired) electrons. The third-order valence-electron chi connectivity index (χ3n) is 1.70. The van der Waals surface area contributed by atoms with Crippen molar-refractivity contribution in [2.45, 2.75) is 0 Å². The monoisotopic (exact) mass is 350 g/mol. The van der Waals surface area contributed by atoms with Gasteiger partial charge in [0.1, 0.15) is 0 Å². The minimum Gasteiger partial charge on any atom is -0.381 e. The largest absolute Gasteiger partial charge is 0.381 e. The van der Waals surface area contributed by atoms with Crippen LogP contribution in [0.2, 0.25) is 5.02 Å². The fourth-order valence-corrected chi connectivity index (χ4v) is 2.14. The molecule has 2 aromatic heterocycles. The molecular weight excluding hydrogens is 347 g/mol. The van der Waals surface area contributed by atoms with Crippen LogP contribution in [0.25, 0.3) is 5.82 Å². The van der Waals surface area contributed by atoms with Crippen LogP contribution in [-0.2, 0) is 0 Å². The zero-order valence-electron chi connectivity index (χ0n) is 7.28. The fraction of sp³-hybridized carbons (Fsp3) is 0. The molecule has 0 aliphatic heterocycles. The van der Waals surface area contributed by atoms with E-state index in [1.807, 2.05) is 0 Å². The normalized spacial score (nSPS) is 10.6. The van der Waals surface area contributed by atoms with E-state index < -0.39 is 0 Å². The zero-order chi connectivity index (χ0) is 11.0. The minimum absolute atomic E-state index is 0.415. The van der Waals surface area contributed by atoms with Crippen molar-refractivity contribution in [3.8, 4) is 5.82 Å². The summed E-state index contributed by atoms with van der Waals surface area (Å²) in [5, 5.41) is 4.64. The predicted molar refractivity (Wildman–Crippen MR) is 66.2 cm³/mol. The summed E-state index contributed by atoms with van der Waals surface area (Å²) in [5.41, 5.74) is 5.61. The van der Waals surface area contributed by atoms with E-state index in [0.29, 0.717) is 16.7 Å². The third kappa shape index (κ3) is 2.16. The number of anilines is 1. The Morgan fingerprint density at radius 1 is 1.33 bits per heavy atom. The number of halogens is 3. The Bertz CT molecular complexity index is 492. The number of rotatable bonds is 1. The first-order chi connectivity index (χ1) is 7.08. The molecule has 7 heteroatoms. The molecule has 0 unspecified atom stereocenters. The summed E-state index contributed by atoms with van der Waals surface area (Å²) in [5.74, 6) is 1.05. The first-order valence-electron chi connectivity index (χ1n) is 3.90. The lowest BCUT2D eigenvalue weighted by molar-refractivity contribution is 0.846. The fourth-order valence-electron chi connectivity index (χ4n) is 1.05. The molecule has 2 aromatic rings. The van der Waals surface area contributed by atoms with Crippen LogP contribution in [0.15, 0.2) is 27.4 Å². The van der Waals surface area contributed by atoms with Crippen LogP contribution in [0, 0.1) is 0 Å². The Balaban J connectivity index is 2.54. The lowest BCUT2D eigenvalue weighted by Crippen LogP contribution is -2.00. The van der Waals surface area contributed by atoms with E-state index in [1.165, 1.54) is 0 Å². The molecule has 78 valence electrons. The van der Waals surface area contributed by atoms with Gasteiger partial charge in [-0.05, 0) is 37.9 Å². The van der Waals surface area contributed by atoms with E-state index in [-0.39, 0.29) is 0 Å². The molecule has 0 aromatic carbocycles. The van der Waals surface area contributed by atoms with Gasteiger partial charge >= 0.3 is 0 Å². The number of hydrogen-bond acceptors (Lipinski definition) is 3. The SMILES string of the molecule is Nc1nn(-c2ncc(Cl)cc2Br)cc1Br. The van der Waals surface area contributed by atoms with Crippen molar-refractivity contribution in [3.05, 3.63) is 32.4 Å². The maximum Gasteiger partial charge on any atom is 0.167 e. The second-order valence-corrected chi connectivity index (χ2v) is 4.91. The van der Waals surface area contributed by atoms with Crippen molar-refractivity contribution in [1.29, 1.82) is 0 Å². The van der Waals surface area contributed by atoms with Crippen LogP contribution in [0.5, 0.6) is 0 Å². The molecule has 2 rings (SSSR count). The molecular formula is C8H5Br2ClN4. The maximum absolute atomic E-state index is 5.78. The van der Waals surface area contributed by atoms with Crippen LogP contribution in [0.1, 0.15) is 0 Å². The van der Waals surface area contributed by atoms with Gasteiger partial charge in [0, 0.05) is 12.4 Å². The summed E-state index contributed by atoms with van der Waals surface area (Å²) in [6, 6.07) is 1.75. The van der Waals surface area contributed by atoms with E-state index in [9.17, 15) is 0 Å². The van der Waals surface area contributed by atoms with Crippen LogP contribution in [0.3, 0.4) is 0 Å². The van der Waals surface area contributed by atoms with E-state index in [4.69, 9.17) is 17.3 Å². The molecule has 2 N–H and O–H groups in total. The smallest absolute Gasteiger partial charge is 0.167 e. The van der Waals surface area contributed by atoms with Crippen molar-refractivity contribution in [3.63, 3.8) is 0 Å². The number of nitrogens with zero attached hydrogens (tertiary/aromatic N) is 3. The van der Waals surface area contributed by atoms with Gasteiger partial charge in [-0.3, -0.25) is 0 Å². The van der Waals surface area contributed by atoms with Gasteiger partial charge in [-0.1, -0.05) is 11.6 Å². The quantitative estimate of drug-likeness (QED) is 0.858. The average molecular weight is 352 g/mol. The van der Waals surface area contributed by atoms with Gasteiger partial charge in [0.05, 0.1) is 14.0 Å². The predicted octanol–water partition coefficient (Wildman–Crippen LogP) is 3.03. The summed E-state index contributed by atoms with van der Waals surface area (Å²) in [4.78, 5) is 4.15. The van der Waals surface area contributed by atoms with Crippen LogP contribution in [-0.4, -0.2) is 14.8 Å². The lowest BCUT2D eigenvalue weighted by atomic mass is 10.4. The first kappa shape index (κ1) is 10.9. The lowest BCUT2D eigenvalue weighted by Gasteiger charge is -2.02. The highest BCUT2D eigenvalue weighted by molar-refractivity contribution is 9.11. The number of aromatic nitrogens is 3. The highest BCUT2D eigenvalue weighted by Crippen LogP contribution is 2.25. The Hall–Kier alpha value is -0.590. The van der Waals surface area contributed by atoms with Crippen molar-refractivity contribution in [2.24, 2.45) is 0 Å². The summed E-state index contributed by atoms with van der Waals surface area (Å²) in [6.07, 6.45) is 3.28. The molecule has 0 saturated carbocycles. The molecule has 4 nitrogen and oxygen atoms in total. The third-order valence-corrected chi connectivity index (χ3v) is 3.10. The molecule has 0 fully saturated rings. The van der Waals surface area contributed by atoms with Crippen molar-refractivity contribution < 1.29 is 0 Å². The number of nitrogens with two attached hydrogens (primary N) is 1. The van der Waals surface area contributed by atoms with Crippen LogP contribution in [0.4, 0.5) is 5.82 Å². The van der Waals surface area contributed by atoms with Crippen molar-refractivity contribution >= 4 is 49.3 Å². The minimum atomic E-state index is 0.415. The summed E-state index contributed by atoms with van der Waals surface area (Å²) in [7, 11) is 0. The van der Waals surface area contributed by atoms with Gasteiger partial charge in [-0.25, -0.2) is 9.67 Å². The van der Waals surface area contributed by atoms with Gasteiger partial charge in [0.25, 0.3) is 0 Å². The number of pyridine rings is 1. The van der Waals surface area contributed by atoms with Gasteiger partial charge < -0.3 is 5.73 Å². The standard InChI is InChI=1S/C8H5Br2ClN4/c9-5-1-4(11)2-13-8(5)15-3-6(10)7(12)14-15/h1-3H,(H2,12,14). The summed E-state index contributed by atoms with van der Waals surface area (Å²) >= 11 is 12.4. The number of nitrogen functional groups attached to an aromatic ring is 1.